The van der Waals surface area contributed by atoms with Gasteiger partial charge in [0.2, 0.25) is 0 Å². The number of benzene rings is 2. The van der Waals surface area contributed by atoms with Gasteiger partial charge in [0.1, 0.15) is 5.75 Å². The van der Waals surface area contributed by atoms with E-state index in [9.17, 15) is 4.79 Å². The van der Waals surface area contributed by atoms with Crippen LogP contribution >= 0.6 is 0 Å². The Morgan fingerprint density at radius 1 is 1.10 bits per heavy atom. The quantitative estimate of drug-likeness (QED) is 0.660. The molecule has 108 valence electrons. The van der Waals surface area contributed by atoms with Gasteiger partial charge < -0.3 is 10.1 Å². The van der Waals surface area contributed by atoms with Crippen molar-refractivity contribution in [2.75, 3.05) is 5.32 Å². The van der Waals surface area contributed by atoms with E-state index in [2.05, 4.69) is 12.2 Å². The Hall–Kier alpha value is -2.55. The fourth-order valence-electron chi connectivity index (χ4n) is 1.76. The van der Waals surface area contributed by atoms with Gasteiger partial charge in [-0.25, -0.2) is 0 Å². The molecule has 0 aliphatic carbocycles. The van der Waals surface area contributed by atoms with Crippen LogP contribution in [-0.4, -0.2) is 5.91 Å². The number of ether oxygens (including phenoxy) is 1. The molecule has 2 aromatic rings. The molecule has 0 saturated heterocycles. The molecular weight excluding hydrogens is 262 g/mol. The maximum absolute atomic E-state index is 12.0. The number of hydrogen-bond donors (Lipinski definition) is 1. The third-order valence-electron chi connectivity index (χ3n) is 3.09. The van der Waals surface area contributed by atoms with Crippen LogP contribution in [0.4, 0.5) is 5.69 Å². The molecule has 0 fully saturated rings. The van der Waals surface area contributed by atoms with E-state index in [0.29, 0.717) is 11.3 Å². The summed E-state index contributed by atoms with van der Waals surface area (Å²) in [4.78, 5) is 12.0. The summed E-state index contributed by atoms with van der Waals surface area (Å²) < 4.78 is 5.44. The number of hydrogen-bond acceptors (Lipinski definition) is 2. The highest BCUT2D eigenvalue weighted by atomic mass is 16.5. The molecule has 0 saturated carbocycles. The summed E-state index contributed by atoms with van der Waals surface area (Å²) in [7, 11) is 0. The van der Waals surface area contributed by atoms with Crippen molar-refractivity contribution in [3.63, 3.8) is 0 Å². The van der Waals surface area contributed by atoms with Crippen molar-refractivity contribution in [2.24, 2.45) is 0 Å². The molecule has 0 bridgehead atoms. The normalized spacial score (nSPS) is 11.0. The van der Waals surface area contributed by atoms with Crippen molar-refractivity contribution in [3.8, 4) is 5.75 Å². The lowest BCUT2D eigenvalue weighted by Crippen LogP contribution is -2.13. The first kappa shape index (κ1) is 14.9. The van der Waals surface area contributed by atoms with Crippen molar-refractivity contribution >= 4 is 11.6 Å². The van der Waals surface area contributed by atoms with E-state index in [1.165, 1.54) is 11.8 Å². The molecule has 3 heteroatoms. The van der Waals surface area contributed by atoms with Gasteiger partial charge >= 0.3 is 0 Å². The second-order valence-corrected chi connectivity index (χ2v) is 4.74. The Labute approximate surface area is 125 Å². The van der Waals surface area contributed by atoms with Crippen molar-refractivity contribution in [2.45, 2.75) is 20.3 Å². The number of amides is 1. The summed E-state index contributed by atoms with van der Waals surface area (Å²) in [6.45, 7) is 3.82. The van der Waals surface area contributed by atoms with E-state index in [0.717, 1.165) is 12.1 Å². The van der Waals surface area contributed by atoms with E-state index in [1.807, 2.05) is 54.6 Å². The van der Waals surface area contributed by atoms with Crippen LogP contribution in [-0.2, 0) is 11.2 Å². The molecule has 2 rings (SSSR count). The van der Waals surface area contributed by atoms with Crippen molar-refractivity contribution in [1.82, 2.24) is 0 Å². The van der Waals surface area contributed by atoms with Crippen molar-refractivity contribution in [3.05, 3.63) is 72.0 Å². The Balaban J connectivity index is 1.95. The van der Waals surface area contributed by atoms with Crippen LogP contribution in [0.15, 0.2) is 66.4 Å². The predicted molar refractivity (Wildman–Crippen MR) is 85.3 cm³/mol. The van der Waals surface area contributed by atoms with Gasteiger partial charge in [-0.2, -0.15) is 0 Å². The molecule has 21 heavy (non-hydrogen) atoms. The highest BCUT2D eigenvalue weighted by Crippen LogP contribution is 2.13. The van der Waals surface area contributed by atoms with Crippen LogP contribution in [0.1, 0.15) is 19.4 Å². The van der Waals surface area contributed by atoms with Crippen molar-refractivity contribution in [1.29, 1.82) is 0 Å². The third-order valence-corrected chi connectivity index (χ3v) is 3.09. The number of carbonyl (C=O) groups is 1. The average Bonchev–Trinajstić information content (AvgIpc) is 2.54. The molecule has 0 aliphatic rings. The topological polar surface area (TPSA) is 38.3 Å². The van der Waals surface area contributed by atoms with Crippen LogP contribution < -0.4 is 10.1 Å². The average molecular weight is 281 g/mol. The van der Waals surface area contributed by atoms with Gasteiger partial charge in [-0.15, -0.1) is 0 Å². The minimum atomic E-state index is -0.171. The van der Waals surface area contributed by atoms with Gasteiger partial charge in [-0.05, 0) is 43.2 Å². The number of para-hydroxylation sites is 1. The van der Waals surface area contributed by atoms with Crippen LogP contribution in [0.5, 0.6) is 5.75 Å². The summed E-state index contributed by atoms with van der Waals surface area (Å²) in [5.74, 6) is 0.534. The fourth-order valence-corrected chi connectivity index (χ4v) is 1.76. The number of carbonyl (C=O) groups excluding carboxylic acids is 1. The van der Waals surface area contributed by atoms with E-state index in [1.54, 1.807) is 6.92 Å². The van der Waals surface area contributed by atoms with E-state index in [4.69, 9.17) is 4.74 Å². The molecule has 3 nitrogen and oxygen atoms in total. The zero-order valence-electron chi connectivity index (χ0n) is 12.3. The van der Waals surface area contributed by atoms with Crippen LogP contribution in [0.3, 0.4) is 0 Å². The second kappa shape index (κ2) is 7.29. The second-order valence-electron chi connectivity index (χ2n) is 4.74. The maximum Gasteiger partial charge on any atom is 0.254 e. The number of rotatable bonds is 5. The maximum atomic E-state index is 12.0. The monoisotopic (exact) mass is 281 g/mol. The molecule has 1 amide bonds. The van der Waals surface area contributed by atoms with Gasteiger partial charge in [0.15, 0.2) is 0 Å². The predicted octanol–water partition coefficient (Wildman–Crippen LogP) is 4.17. The highest BCUT2D eigenvalue weighted by molar-refractivity contribution is 6.03. The first-order chi connectivity index (χ1) is 10.2. The summed E-state index contributed by atoms with van der Waals surface area (Å²) in [6, 6.07) is 17.2. The Bertz CT molecular complexity index is 615. The molecule has 0 aromatic heterocycles. The molecule has 0 spiro atoms. The van der Waals surface area contributed by atoms with E-state index < -0.39 is 0 Å². The first-order valence-electron chi connectivity index (χ1n) is 6.98. The zero-order valence-corrected chi connectivity index (χ0v) is 12.3. The summed E-state index contributed by atoms with van der Waals surface area (Å²) in [5.41, 5.74) is 2.54. The molecule has 0 atom stereocenters. The SMILES string of the molecule is CCc1ccc(NC(=O)/C(C)=C/Oc2ccccc2)cc1. The standard InChI is InChI=1S/C18H19NO2/c1-3-15-9-11-16(12-10-15)19-18(20)14(2)13-21-17-7-5-4-6-8-17/h4-13H,3H2,1-2H3,(H,19,20)/b14-13+. The first-order valence-corrected chi connectivity index (χ1v) is 6.98. The van der Waals surface area contributed by atoms with Gasteiger partial charge in [0.05, 0.1) is 6.26 Å². The van der Waals surface area contributed by atoms with Gasteiger partial charge in [0.25, 0.3) is 5.91 Å². The Kier molecular flexibility index (Phi) is 5.16. The molecular formula is C18H19NO2. The molecule has 0 heterocycles. The summed E-state index contributed by atoms with van der Waals surface area (Å²) in [6.07, 6.45) is 2.45. The Morgan fingerprint density at radius 2 is 1.76 bits per heavy atom. The van der Waals surface area contributed by atoms with E-state index >= 15 is 0 Å². The Morgan fingerprint density at radius 3 is 2.38 bits per heavy atom. The zero-order chi connectivity index (χ0) is 15.1. The lowest BCUT2D eigenvalue weighted by Gasteiger charge is -2.07. The van der Waals surface area contributed by atoms with Gasteiger partial charge in [-0.1, -0.05) is 37.3 Å². The summed E-state index contributed by atoms with van der Waals surface area (Å²) in [5, 5.41) is 2.84. The largest absolute Gasteiger partial charge is 0.465 e. The molecule has 0 aliphatic heterocycles. The minimum Gasteiger partial charge on any atom is -0.465 e. The van der Waals surface area contributed by atoms with Crippen LogP contribution in [0.25, 0.3) is 0 Å². The fraction of sp³-hybridized carbons (Fsp3) is 0.167. The number of anilines is 1. The minimum absolute atomic E-state index is 0.171. The lowest BCUT2D eigenvalue weighted by molar-refractivity contribution is -0.112. The van der Waals surface area contributed by atoms with Gasteiger partial charge in [0, 0.05) is 11.3 Å². The van der Waals surface area contributed by atoms with Crippen LogP contribution in [0, 0.1) is 0 Å². The van der Waals surface area contributed by atoms with Crippen molar-refractivity contribution < 1.29 is 9.53 Å². The third kappa shape index (κ3) is 4.49. The number of nitrogens with one attached hydrogen (secondary N) is 1. The number of aryl methyl sites for hydroxylation is 1. The summed E-state index contributed by atoms with van der Waals surface area (Å²) >= 11 is 0. The van der Waals surface area contributed by atoms with Gasteiger partial charge in [-0.3, -0.25) is 4.79 Å². The molecule has 0 unspecified atom stereocenters. The smallest absolute Gasteiger partial charge is 0.254 e. The lowest BCUT2D eigenvalue weighted by atomic mass is 10.1. The molecule has 1 N–H and O–H groups in total. The highest BCUT2D eigenvalue weighted by Gasteiger charge is 2.05. The molecule has 2 aromatic carbocycles. The van der Waals surface area contributed by atoms with Crippen LogP contribution in [0.2, 0.25) is 0 Å². The molecule has 0 radical (unpaired) electrons. The van der Waals surface area contributed by atoms with E-state index in [-0.39, 0.29) is 5.91 Å².